The van der Waals surface area contributed by atoms with Crippen molar-refractivity contribution in [3.8, 4) is 0 Å². The lowest BCUT2D eigenvalue weighted by molar-refractivity contribution is -0.0680. The van der Waals surface area contributed by atoms with Crippen LogP contribution >= 0.6 is 11.6 Å². The Morgan fingerprint density at radius 3 is 2.60 bits per heavy atom. The van der Waals surface area contributed by atoms with Crippen molar-refractivity contribution < 1.29 is 14.2 Å². The summed E-state index contributed by atoms with van der Waals surface area (Å²) in [7, 11) is 0. The van der Waals surface area contributed by atoms with E-state index in [1.807, 2.05) is 0 Å². The molecule has 4 heteroatoms. The number of benzene rings is 1. The zero-order valence-corrected chi connectivity index (χ0v) is 8.93. The van der Waals surface area contributed by atoms with Crippen molar-refractivity contribution in [1.29, 1.82) is 0 Å². The van der Waals surface area contributed by atoms with Crippen LogP contribution in [0.1, 0.15) is 18.4 Å². The molecule has 1 saturated heterocycles. The predicted octanol–water partition coefficient (Wildman–Crippen LogP) is 2.48. The minimum absolute atomic E-state index is 0.0782. The van der Waals surface area contributed by atoms with Crippen LogP contribution in [0.25, 0.3) is 0 Å². The SMILES string of the molecule is OC1(c2ccc(Cl)c(F)c2)CCOCC1. The quantitative estimate of drug-likeness (QED) is 0.803. The zero-order chi connectivity index (χ0) is 10.9. The van der Waals surface area contributed by atoms with E-state index in [9.17, 15) is 9.50 Å². The van der Waals surface area contributed by atoms with Crippen LogP contribution in [-0.2, 0) is 10.3 Å². The number of ether oxygens (including phenoxy) is 1. The summed E-state index contributed by atoms with van der Waals surface area (Å²) in [6.07, 6.45) is 0.988. The third-order valence-corrected chi connectivity index (χ3v) is 3.08. The van der Waals surface area contributed by atoms with Crippen molar-refractivity contribution in [2.45, 2.75) is 18.4 Å². The highest BCUT2D eigenvalue weighted by molar-refractivity contribution is 6.30. The number of aliphatic hydroxyl groups is 1. The number of hydrogen-bond donors (Lipinski definition) is 1. The molecular formula is C11H12ClFO2. The van der Waals surface area contributed by atoms with Gasteiger partial charge in [0.25, 0.3) is 0 Å². The van der Waals surface area contributed by atoms with Gasteiger partial charge in [0.15, 0.2) is 0 Å². The molecule has 82 valence electrons. The van der Waals surface area contributed by atoms with Crippen molar-refractivity contribution in [2.24, 2.45) is 0 Å². The van der Waals surface area contributed by atoms with Gasteiger partial charge in [0.1, 0.15) is 5.82 Å². The second kappa shape index (κ2) is 4.08. The van der Waals surface area contributed by atoms with Gasteiger partial charge >= 0.3 is 0 Å². The average molecular weight is 231 g/mol. The predicted molar refractivity (Wildman–Crippen MR) is 55.4 cm³/mol. The van der Waals surface area contributed by atoms with Crippen LogP contribution in [0.4, 0.5) is 4.39 Å². The number of hydrogen-bond acceptors (Lipinski definition) is 2. The lowest BCUT2D eigenvalue weighted by Crippen LogP contribution is -2.33. The first-order valence-electron chi connectivity index (χ1n) is 4.87. The Morgan fingerprint density at radius 2 is 2.00 bits per heavy atom. The summed E-state index contributed by atoms with van der Waals surface area (Å²) < 4.78 is 18.4. The molecule has 0 unspecified atom stereocenters. The molecule has 0 spiro atoms. The molecule has 1 aromatic carbocycles. The van der Waals surface area contributed by atoms with Gasteiger partial charge in [-0.05, 0) is 17.7 Å². The Morgan fingerprint density at radius 1 is 1.33 bits per heavy atom. The lowest BCUT2D eigenvalue weighted by atomic mass is 9.86. The van der Waals surface area contributed by atoms with E-state index in [2.05, 4.69) is 0 Å². The van der Waals surface area contributed by atoms with Crippen molar-refractivity contribution in [3.05, 3.63) is 34.6 Å². The van der Waals surface area contributed by atoms with Gasteiger partial charge < -0.3 is 9.84 Å². The highest BCUT2D eigenvalue weighted by Gasteiger charge is 2.32. The molecule has 0 radical (unpaired) electrons. The minimum Gasteiger partial charge on any atom is -0.385 e. The molecule has 1 aromatic rings. The molecule has 0 amide bonds. The molecule has 0 aliphatic carbocycles. The van der Waals surface area contributed by atoms with Crippen LogP contribution in [0, 0.1) is 5.82 Å². The summed E-state index contributed by atoms with van der Waals surface area (Å²) in [4.78, 5) is 0. The van der Waals surface area contributed by atoms with Gasteiger partial charge in [-0.1, -0.05) is 17.7 Å². The van der Waals surface area contributed by atoms with Gasteiger partial charge in [-0.15, -0.1) is 0 Å². The maximum absolute atomic E-state index is 13.2. The number of rotatable bonds is 1. The summed E-state index contributed by atoms with van der Waals surface area (Å²) in [5.74, 6) is -0.492. The summed E-state index contributed by atoms with van der Waals surface area (Å²) in [5.41, 5.74) is -0.392. The first-order valence-corrected chi connectivity index (χ1v) is 5.25. The molecule has 1 aliphatic rings. The molecular weight excluding hydrogens is 219 g/mol. The molecule has 0 bridgehead atoms. The van der Waals surface area contributed by atoms with Crippen molar-refractivity contribution in [1.82, 2.24) is 0 Å². The lowest BCUT2D eigenvalue weighted by Gasteiger charge is -2.32. The fourth-order valence-corrected chi connectivity index (χ4v) is 1.90. The summed E-state index contributed by atoms with van der Waals surface area (Å²) in [5, 5.41) is 10.3. The third-order valence-electron chi connectivity index (χ3n) is 2.78. The van der Waals surface area contributed by atoms with Gasteiger partial charge in [-0.3, -0.25) is 0 Å². The zero-order valence-electron chi connectivity index (χ0n) is 8.17. The molecule has 0 aromatic heterocycles. The Kier molecular flexibility index (Phi) is 2.96. The fourth-order valence-electron chi connectivity index (χ4n) is 1.78. The fraction of sp³-hybridized carbons (Fsp3) is 0.455. The minimum atomic E-state index is -0.969. The largest absolute Gasteiger partial charge is 0.385 e. The maximum atomic E-state index is 13.2. The molecule has 1 heterocycles. The van der Waals surface area contributed by atoms with Crippen LogP contribution in [0.2, 0.25) is 5.02 Å². The molecule has 1 aliphatic heterocycles. The summed E-state index contributed by atoms with van der Waals surface area (Å²) in [6.45, 7) is 1.00. The normalized spacial score (nSPS) is 20.2. The standard InChI is InChI=1S/C11H12ClFO2/c12-9-2-1-8(7-10(9)13)11(14)3-5-15-6-4-11/h1-2,7,14H,3-6H2. The Hall–Kier alpha value is -0.640. The topological polar surface area (TPSA) is 29.5 Å². The van der Waals surface area contributed by atoms with Crippen LogP contribution in [-0.4, -0.2) is 18.3 Å². The van der Waals surface area contributed by atoms with Gasteiger partial charge in [-0.25, -0.2) is 4.39 Å². The highest BCUT2D eigenvalue weighted by atomic mass is 35.5. The van der Waals surface area contributed by atoms with E-state index in [1.54, 1.807) is 6.07 Å². The average Bonchev–Trinajstić information content (AvgIpc) is 2.23. The Balaban J connectivity index is 2.31. The van der Waals surface area contributed by atoms with Crippen molar-refractivity contribution in [2.75, 3.05) is 13.2 Å². The maximum Gasteiger partial charge on any atom is 0.142 e. The van der Waals surface area contributed by atoms with E-state index in [0.29, 0.717) is 31.6 Å². The molecule has 0 atom stereocenters. The van der Waals surface area contributed by atoms with Crippen molar-refractivity contribution >= 4 is 11.6 Å². The molecule has 2 nitrogen and oxygen atoms in total. The smallest absolute Gasteiger partial charge is 0.142 e. The Labute approximate surface area is 92.6 Å². The van der Waals surface area contributed by atoms with E-state index in [-0.39, 0.29) is 5.02 Å². The summed E-state index contributed by atoms with van der Waals surface area (Å²) in [6, 6.07) is 4.43. The van der Waals surface area contributed by atoms with E-state index >= 15 is 0 Å². The van der Waals surface area contributed by atoms with Crippen LogP contribution in [0.15, 0.2) is 18.2 Å². The van der Waals surface area contributed by atoms with Crippen molar-refractivity contribution in [3.63, 3.8) is 0 Å². The molecule has 0 saturated carbocycles. The molecule has 1 fully saturated rings. The van der Waals surface area contributed by atoms with Gasteiger partial charge in [-0.2, -0.15) is 0 Å². The number of halogens is 2. The molecule has 15 heavy (non-hydrogen) atoms. The van der Waals surface area contributed by atoms with Gasteiger partial charge in [0.2, 0.25) is 0 Å². The van der Waals surface area contributed by atoms with E-state index < -0.39 is 11.4 Å². The van der Waals surface area contributed by atoms with Crippen LogP contribution in [0.3, 0.4) is 0 Å². The second-order valence-corrected chi connectivity index (χ2v) is 4.18. The van der Waals surface area contributed by atoms with Crippen LogP contribution < -0.4 is 0 Å². The second-order valence-electron chi connectivity index (χ2n) is 3.77. The van der Waals surface area contributed by atoms with E-state index in [1.165, 1.54) is 12.1 Å². The summed E-state index contributed by atoms with van der Waals surface area (Å²) >= 11 is 5.58. The first kappa shape index (κ1) is 10.9. The third kappa shape index (κ3) is 2.14. The molecule has 1 N–H and O–H groups in total. The monoisotopic (exact) mass is 230 g/mol. The first-order chi connectivity index (χ1) is 7.12. The van der Waals surface area contributed by atoms with Gasteiger partial charge in [0.05, 0.1) is 10.6 Å². The van der Waals surface area contributed by atoms with Gasteiger partial charge in [0, 0.05) is 26.1 Å². The Bertz CT molecular complexity index is 362. The van der Waals surface area contributed by atoms with Crippen LogP contribution in [0.5, 0.6) is 0 Å². The highest BCUT2D eigenvalue weighted by Crippen LogP contribution is 2.33. The van der Waals surface area contributed by atoms with E-state index in [4.69, 9.17) is 16.3 Å². The molecule has 2 rings (SSSR count). The van der Waals surface area contributed by atoms with E-state index in [0.717, 1.165) is 0 Å².